The van der Waals surface area contributed by atoms with Crippen molar-refractivity contribution in [2.45, 2.75) is 25.6 Å². The van der Waals surface area contributed by atoms with Gasteiger partial charge in [-0.05, 0) is 53.6 Å². The maximum Gasteiger partial charge on any atom is 0.471 e. The standard InChI is InChI=1S/C13H15F3INO3/c1-7(18-12(19)13(14,15)16)4-8-5-11(21-3)9(17)6-10(8)20-2/h5-7H,4H2,1-3H3,(H,18,19)/t7-/m1/s1. The van der Waals surface area contributed by atoms with Gasteiger partial charge in [-0.2, -0.15) is 13.2 Å². The van der Waals surface area contributed by atoms with E-state index in [2.05, 4.69) is 22.6 Å². The molecule has 0 bridgehead atoms. The highest BCUT2D eigenvalue weighted by Crippen LogP contribution is 2.30. The van der Waals surface area contributed by atoms with Crippen molar-refractivity contribution in [3.63, 3.8) is 0 Å². The van der Waals surface area contributed by atoms with Crippen LogP contribution < -0.4 is 14.8 Å². The van der Waals surface area contributed by atoms with Crippen molar-refractivity contribution in [2.75, 3.05) is 14.2 Å². The molecule has 118 valence electrons. The average molecular weight is 417 g/mol. The molecule has 1 N–H and O–H groups in total. The number of ether oxygens (including phenoxy) is 2. The number of nitrogens with one attached hydrogen (secondary N) is 1. The molecular weight excluding hydrogens is 402 g/mol. The maximum absolute atomic E-state index is 12.2. The van der Waals surface area contributed by atoms with E-state index in [4.69, 9.17) is 9.47 Å². The molecule has 0 aliphatic heterocycles. The molecule has 0 saturated heterocycles. The molecular formula is C13H15F3INO3. The summed E-state index contributed by atoms with van der Waals surface area (Å²) in [6, 6.07) is 2.72. The van der Waals surface area contributed by atoms with E-state index in [0.29, 0.717) is 17.1 Å². The molecule has 1 aromatic rings. The number of methoxy groups -OCH3 is 2. The molecule has 0 spiro atoms. The Morgan fingerprint density at radius 1 is 1.29 bits per heavy atom. The molecule has 0 heterocycles. The predicted octanol–water partition coefficient (Wildman–Crippen LogP) is 2.92. The largest absolute Gasteiger partial charge is 0.496 e. The number of halogens is 4. The minimum atomic E-state index is -4.89. The van der Waals surface area contributed by atoms with Gasteiger partial charge in [0.2, 0.25) is 0 Å². The van der Waals surface area contributed by atoms with Gasteiger partial charge in [0, 0.05) is 6.04 Å². The normalized spacial score (nSPS) is 12.7. The molecule has 0 aliphatic carbocycles. The van der Waals surface area contributed by atoms with Crippen LogP contribution in [0.4, 0.5) is 13.2 Å². The molecule has 1 rings (SSSR count). The highest BCUT2D eigenvalue weighted by atomic mass is 127. The van der Waals surface area contributed by atoms with E-state index in [1.54, 1.807) is 12.1 Å². The Morgan fingerprint density at radius 2 is 1.86 bits per heavy atom. The van der Waals surface area contributed by atoms with Gasteiger partial charge in [0.15, 0.2) is 0 Å². The first-order valence-electron chi connectivity index (χ1n) is 5.97. The van der Waals surface area contributed by atoms with Crippen molar-refractivity contribution in [1.82, 2.24) is 5.32 Å². The highest BCUT2D eigenvalue weighted by molar-refractivity contribution is 14.1. The van der Waals surface area contributed by atoms with Crippen molar-refractivity contribution in [3.05, 3.63) is 21.3 Å². The number of carbonyl (C=O) groups is 1. The molecule has 1 atom stereocenters. The smallest absolute Gasteiger partial charge is 0.471 e. The van der Waals surface area contributed by atoms with E-state index in [1.165, 1.54) is 21.1 Å². The third-order valence-corrected chi connectivity index (χ3v) is 3.56. The van der Waals surface area contributed by atoms with Crippen molar-refractivity contribution in [3.8, 4) is 11.5 Å². The van der Waals surface area contributed by atoms with Crippen molar-refractivity contribution in [1.29, 1.82) is 0 Å². The second-order valence-electron chi connectivity index (χ2n) is 4.37. The first kappa shape index (κ1) is 17.9. The first-order valence-corrected chi connectivity index (χ1v) is 7.05. The lowest BCUT2D eigenvalue weighted by atomic mass is 10.1. The number of amides is 1. The van der Waals surface area contributed by atoms with E-state index in [9.17, 15) is 18.0 Å². The van der Waals surface area contributed by atoms with Crippen LogP contribution >= 0.6 is 22.6 Å². The molecule has 1 amide bonds. The Balaban J connectivity index is 2.89. The summed E-state index contributed by atoms with van der Waals surface area (Å²) in [6.45, 7) is 1.49. The SMILES string of the molecule is COc1cc(C[C@@H](C)NC(=O)C(F)(F)F)c(OC)cc1I. The molecule has 21 heavy (non-hydrogen) atoms. The van der Waals surface area contributed by atoms with Crippen LogP contribution in [-0.4, -0.2) is 32.3 Å². The fraction of sp³-hybridized carbons (Fsp3) is 0.462. The number of hydrogen-bond donors (Lipinski definition) is 1. The highest BCUT2D eigenvalue weighted by Gasteiger charge is 2.39. The zero-order chi connectivity index (χ0) is 16.2. The molecule has 0 aromatic heterocycles. The minimum absolute atomic E-state index is 0.193. The van der Waals surface area contributed by atoms with Crippen LogP contribution in [-0.2, 0) is 11.2 Å². The molecule has 0 aliphatic rings. The van der Waals surface area contributed by atoms with Crippen molar-refractivity contribution >= 4 is 28.5 Å². The van der Waals surface area contributed by atoms with Gasteiger partial charge in [0.05, 0.1) is 17.8 Å². The second kappa shape index (κ2) is 7.19. The molecule has 0 radical (unpaired) electrons. The number of benzene rings is 1. The Morgan fingerprint density at radius 3 is 2.33 bits per heavy atom. The Kier molecular flexibility index (Phi) is 6.11. The van der Waals surface area contributed by atoms with E-state index >= 15 is 0 Å². The summed E-state index contributed by atoms with van der Waals surface area (Å²) < 4.78 is 47.8. The quantitative estimate of drug-likeness (QED) is 0.750. The van der Waals surface area contributed by atoms with Gasteiger partial charge in [-0.1, -0.05) is 0 Å². The summed E-state index contributed by atoms with van der Waals surface area (Å²) in [4.78, 5) is 10.9. The van der Waals surface area contributed by atoms with Gasteiger partial charge in [-0.15, -0.1) is 0 Å². The van der Waals surface area contributed by atoms with Crippen LogP contribution in [0.25, 0.3) is 0 Å². The number of rotatable bonds is 5. The Labute approximate surface area is 134 Å². The molecule has 0 unspecified atom stereocenters. The van der Waals surface area contributed by atoms with E-state index < -0.39 is 18.1 Å². The summed E-state index contributed by atoms with van der Waals surface area (Å²) in [6.07, 6.45) is -4.69. The van der Waals surface area contributed by atoms with Crippen molar-refractivity contribution < 1.29 is 27.4 Å². The van der Waals surface area contributed by atoms with Gasteiger partial charge in [0.1, 0.15) is 11.5 Å². The topological polar surface area (TPSA) is 47.6 Å². The summed E-state index contributed by atoms with van der Waals surface area (Å²) >= 11 is 2.07. The van der Waals surface area contributed by atoms with E-state index in [1.807, 2.05) is 5.32 Å². The van der Waals surface area contributed by atoms with Gasteiger partial charge < -0.3 is 14.8 Å². The first-order chi connectivity index (χ1) is 9.68. The molecule has 0 fully saturated rings. The van der Waals surface area contributed by atoms with Gasteiger partial charge in [0.25, 0.3) is 0 Å². The fourth-order valence-electron chi connectivity index (χ4n) is 1.77. The fourth-order valence-corrected chi connectivity index (χ4v) is 2.43. The average Bonchev–Trinajstić information content (AvgIpc) is 2.38. The van der Waals surface area contributed by atoms with Crippen LogP contribution in [0.15, 0.2) is 12.1 Å². The van der Waals surface area contributed by atoms with Crippen LogP contribution in [0.5, 0.6) is 11.5 Å². The molecule has 8 heteroatoms. The third-order valence-electron chi connectivity index (χ3n) is 2.72. The Bertz CT molecular complexity index is 520. The summed E-state index contributed by atoms with van der Waals surface area (Å²) in [5, 5.41) is 1.91. The van der Waals surface area contributed by atoms with Crippen LogP contribution in [0.1, 0.15) is 12.5 Å². The van der Waals surface area contributed by atoms with Crippen LogP contribution in [0.2, 0.25) is 0 Å². The van der Waals surface area contributed by atoms with Gasteiger partial charge in [-0.3, -0.25) is 4.79 Å². The summed E-state index contributed by atoms with van der Waals surface area (Å²) in [5.74, 6) is -0.819. The zero-order valence-electron chi connectivity index (χ0n) is 11.7. The lowest BCUT2D eigenvalue weighted by Crippen LogP contribution is -2.42. The van der Waals surface area contributed by atoms with Gasteiger partial charge in [-0.25, -0.2) is 0 Å². The number of carbonyl (C=O) groups excluding carboxylic acids is 1. The molecule has 4 nitrogen and oxygen atoms in total. The molecule has 1 aromatic carbocycles. The molecule has 0 saturated carbocycles. The van der Waals surface area contributed by atoms with Crippen molar-refractivity contribution in [2.24, 2.45) is 0 Å². The second-order valence-corrected chi connectivity index (χ2v) is 5.54. The van der Waals surface area contributed by atoms with Crippen LogP contribution in [0, 0.1) is 3.57 Å². The third kappa shape index (κ3) is 4.94. The van der Waals surface area contributed by atoms with E-state index in [0.717, 1.165) is 3.57 Å². The lowest BCUT2D eigenvalue weighted by molar-refractivity contribution is -0.174. The lowest BCUT2D eigenvalue weighted by Gasteiger charge is -2.18. The predicted molar refractivity (Wildman–Crippen MR) is 79.6 cm³/mol. The number of alkyl halides is 3. The monoisotopic (exact) mass is 417 g/mol. The summed E-state index contributed by atoms with van der Waals surface area (Å²) in [5.41, 5.74) is 0.657. The van der Waals surface area contributed by atoms with Gasteiger partial charge >= 0.3 is 12.1 Å². The summed E-state index contributed by atoms with van der Waals surface area (Å²) in [7, 11) is 2.98. The Hall–Kier alpha value is -1.19. The van der Waals surface area contributed by atoms with Crippen LogP contribution in [0.3, 0.4) is 0 Å². The minimum Gasteiger partial charge on any atom is -0.496 e. The zero-order valence-corrected chi connectivity index (χ0v) is 13.8. The van der Waals surface area contributed by atoms with E-state index in [-0.39, 0.29) is 6.42 Å². The maximum atomic E-state index is 12.2. The number of hydrogen-bond acceptors (Lipinski definition) is 3.